The van der Waals surface area contributed by atoms with Crippen LogP contribution in [0.1, 0.15) is 34.7 Å². The second-order valence-corrected chi connectivity index (χ2v) is 9.00. The van der Waals surface area contributed by atoms with Crippen molar-refractivity contribution in [2.24, 2.45) is 7.05 Å². The monoisotopic (exact) mass is 392 g/mol. The number of hydrogen-bond acceptors (Lipinski definition) is 5. The van der Waals surface area contributed by atoms with Crippen molar-refractivity contribution in [2.45, 2.75) is 37.8 Å². The summed E-state index contributed by atoms with van der Waals surface area (Å²) in [6.45, 7) is 3.91. The highest BCUT2D eigenvalue weighted by Crippen LogP contribution is 2.22. The highest BCUT2D eigenvalue weighted by molar-refractivity contribution is 7.89. The first-order chi connectivity index (χ1) is 12.9. The molecule has 2 aliphatic heterocycles. The lowest BCUT2D eigenvalue weighted by Gasteiger charge is -2.33. The molecule has 0 radical (unpaired) electrons. The van der Waals surface area contributed by atoms with Gasteiger partial charge in [-0.1, -0.05) is 0 Å². The summed E-state index contributed by atoms with van der Waals surface area (Å²) in [4.78, 5) is 18.8. The number of carbonyl (C=O) groups is 1. The minimum absolute atomic E-state index is 0.0520. The van der Waals surface area contributed by atoms with Gasteiger partial charge in [-0.3, -0.25) is 9.48 Å². The Morgan fingerprint density at radius 3 is 2.52 bits per heavy atom. The van der Waals surface area contributed by atoms with Gasteiger partial charge in [0.2, 0.25) is 0 Å². The minimum atomic E-state index is -3.63. The third kappa shape index (κ3) is 3.16. The Balaban J connectivity index is 1.46. The number of amides is 1. The fourth-order valence-electron chi connectivity index (χ4n) is 3.68. The summed E-state index contributed by atoms with van der Waals surface area (Å²) in [5.41, 5.74) is 1.66. The second kappa shape index (κ2) is 6.75. The lowest BCUT2D eigenvalue weighted by atomic mass is 10.1. The fourth-order valence-corrected chi connectivity index (χ4v) is 5.13. The highest BCUT2D eigenvalue weighted by atomic mass is 32.2. The van der Waals surface area contributed by atoms with E-state index in [4.69, 9.17) is 0 Å². The van der Waals surface area contributed by atoms with Gasteiger partial charge < -0.3 is 9.47 Å². The largest absolute Gasteiger partial charge is 0.337 e. The van der Waals surface area contributed by atoms with Crippen LogP contribution in [0.4, 0.5) is 0 Å². The summed E-state index contributed by atoms with van der Waals surface area (Å²) >= 11 is 0. The molecule has 1 fully saturated rings. The predicted octanol–water partition coefficient (Wildman–Crippen LogP) is 0.408. The summed E-state index contributed by atoms with van der Waals surface area (Å²) in [7, 11) is -1.87. The van der Waals surface area contributed by atoms with Crippen LogP contribution >= 0.6 is 0 Å². The second-order valence-electron chi connectivity index (χ2n) is 7.12. The average Bonchev–Trinajstić information content (AvgIpc) is 3.25. The van der Waals surface area contributed by atoms with Crippen molar-refractivity contribution >= 4 is 15.9 Å². The first-order valence-corrected chi connectivity index (χ1v) is 10.7. The summed E-state index contributed by atoms with van der Waals surface area (Å²) in [6, 6.07) is 0. The fraction of sp³-hybridized carbons (Fsp3) is 0.588. The van der Waals surface area contributed by atoms with Crippen LogP contribution in [0.3, 0.4) is 0 Å². The summed E-state index contributed by atoms with van der Waals surface area (Å²) < 4.78 is 30.6. The van der Waals surface area contributed by atoms with Gasteiger partial charge in [0.05, 0.1) is 17.5 Å². The van der Waals surface area contributed by atoms with Crippen LogP contribution in [-0.2, 0) is 30.0 Å². The SMILES string of the molecule is Cc1nc(S(=O)(=O)N2CCN(C(=O)c3cnn4c3CCCC4)CC2)cn1C. The van der Waals surface area contributed by atoms with Crippen LogP contribution in [0.15, 0.2) is 17.4 Å². The Morgan fingerprint density at radius 1 is 1.11 bits per heavy atom. The maximum Gasteiger partial charge on any atom is 0.262 e. The van der Waals surface area contributed by atoms with Gasteiger partial charge in [-0.2, -0.15) is 9.40 Å². The van der Waals surface area contributed by atoms with Crippen LogP contribution in [0.5, 0.6) is 0 Å². The van der Waals surface area contributed by atoms with Crippen LogP contribution in [0.25, 0.3) is 0 Å². The van der Waals surface area contributed by atoms with E-state index in [9.17, 15) is 13.2 Å². The van der Waals surface area contributed by atoms with Gasteiger partial charge in [-0.15, -0.1) is 0 Å². The molecule has 146 valence electrons. The van der Waals surface area contributed by atoms with Gasteiger partial charge in [-0.05, 0) is 26.2 Å². The Morgan fingerprint density at radius 2 is 1.85 bits per heavy atom. The van der Waals surface area contributed by atoms with E-state index in [1.807, 2.05) is 4.68 Å². The van der Waals surface area contributed by atoms with Gasteiger partial charge in [0.15, 0.2) is 5.03 Å². The van der Waals surface area contributed by atoms with E-state index >= 15 is 0 Å². The Kier molecular flexibility index (Phi) is 4.55. The minimum Gasteiger partial charge on any atom is -0.337 e. The average molecular weight is 392 g/mol. The zero-order valence-corrected chi connectivity index (χ0v) is 16.4. The molecule has 0 spiro atoms. The molecule has 0 saturated carbocycles. The third-order valence-corrected chi connectivity index (χ3v) is 7.20. The van der Waals surface area contributed by atoms with Crippen LogP contribution in [0, 0.1) is 6.92 Å². The van der Waals surface area contributed by atoms with Crippen molar-refractivity contribution in [1.29, 1.82) is 0 Å². The van der Waals surface area contributed by atoms with E-state index < -0.39 is 10.0 Å². The van der Waals surface area contributed by atoms with Crippen LogP contribution in [0.2, 0.25) is 0 Å². The van der Waals surface area contributed by atoms with Crippen LogP contribution in [-0.4, -0.2) is 69.0 Å². The molecule has 0 aliphatic carbocycles. The van der Waals surface area contributed by atoms with Gasteiger partial charge in [-0.25, -0.2) is 13.4 Å². The maximum atomic E-state index is 12.9. The topological polar surface area (TPSA) is 93.3 Å². The van der Waals surface area contributed by atoms with Crippen molar-refractivity contribution in [2.75, 3.05) is 26.2 Å². The molecule has 1 amide bonds. The number of aryl methyl sites for hydroxylation is 3. The lowest BCUT2D eigenvalue weighted by molar-refractivity contribution is 0.0696. The molecule has 4 rings (SSSR count). The Bertz CT molecular complexity index is 949. The molecule has 0 N–H and O–H groups in total. The van der Waals surface area contributed by atoms with E-state index in [1.54, 1.807) is 29.6 Å². The number of piperazine rings is 1. The number of rotatable bonds is 3. The maximum absolute atomic E-state index is 12.9. The molecule has 10 heteroatoms. The number of carbonyl (C=O) groups excluding carboxylic acids is 1. The van der Waals surface area contributed by atoms with E-state index in [-0.39, 0.29) is 24.0 Å². The number of hydrogen-bond donors (Lipinski definition) is 0. The zero-order chi connectivity index (χ0) is 19.2. The molecule has 27 heavy (non-hydrogen) atoms. The number of aromatic nitrogens is 4. The van der Waals surface area contributed by atoms with Gasteiger partial charge in [0.25, 0.3) is 15.9 Å². The standard InChI is InChI=1S/C17H24N6O3S/c1-13-19-16(12-20(13)2)27(25,26)22-9-7-21(8-10-22)17(24)14-11-18-23-6-4-3-5-15(14)23/h11-12H,3-10H2,1-2H3. The van der Waals surface area contributed by atoms with Crippen LogP contribution < -0.4 is 0 Å². The van der Waals surface area contributed by atoms with Gasteiger partial charge in [0, 0.05) is 46.0 Å². The molecule has 0 atom stereocenters. The van der Waals surface area contributed by atoms with E-state index in [1.165, 1.54) is 10.5 Å². The van der Waals surface area contributed by atoms with Gasteiger partial charge in [0.1, 0.15) is 5.82 Å². The molecule has 9 nitrogen and oxygen atoms in total. The normalized spacial score (nSPS) is 18.5. The van der Waals surface area contributed by atoms with Crippen molar-refractivity contribution in [3.05, 3.63) is 29.5 Å². The molecule has 2 aliphatic rings. The molecule has 0 unspecified atom stereocenters. The lowest BCUT2D eigenvalue weighted by Crippen LogP contribution is -2.50. The van der Waals surface area contributed by atoms with Crippen molar-refractivity contribution < 1.29 is 13.2 Å². The highest BCUT2D eigenvalue weighted by Gasteiger charge is 2.33. The third-order valence-electron chi connectivity index (χ3n) is 5.43. The zero-order valence-electron chi connectivity index (χ0n) is 15.6. The molecular formula is C17H24N6O3S. The summed E-state index contributed by atoms with van der Waals surface area (Å²) in [6.07, 6.45) is 6.21. The number of sulfonamides is 1. The molecule has 2 aromatic rings. The quantitative estimate of drug-likeness (QED) is 0.754. The Hall–Kier alpha value is -2.20. The summed E-state index contributed by atoms with van der Waals surface area (Å²) in [5.74, 6) is 0.595. The smallest absolute Gasteiger partial charge is 0.262 e. The Labute approximate surface area is 158 Å². The van der Waals surface area contributed by atoms with Crippen molar-refractivity contribution in [3.63, 3.8) is 0 Å². The number of imidazole rings is 1. The van der Waals surface area contributed by atoms with E-state index in [0.717, 1.165) is 31.5 Å². The van der Waals surface area contributed by atoms with E-state index in [0.29, 0.717) is 24.5 Å². The van der Waals surface area contributed by atoms with Gasteiger partial charge >= 0.3 is 0 Å². The number of nitrogens with zero attached hydrogens (tertiary/aromatic N) is 6. The predicted molar refractivity (Wildman–Crippen MR) is 97.8 cm³/mol. The summed E-state index contributed by atoms with van der Waals surface area (Å²) in [5, 5.41) is 4.39. The number of fused-ring (bicyclic) bond motifs is 1. The molecule has 2 aromatic heterocycles. The van der Waals surface area contributed by atoms with Crippen molar-refractivity contribution in [1.82, 2.24) is 28.5 Å². The molecule has 1 saturated heterocycles. The van der Waals surface area contributed by atoms with Crippen molar-refractivity contribution in [3.8, 4) is 0 Å². The molecule has 4 heterocycles. The first kappa shape index (κ1) is 18.2. The first-order valence-electron chi connectivity index (χ1n) is 9.22. The molecule has 0 bridgehead atoms. The molecular weight excluding hydrogens is 368 g/mol. The van der Waals surface area contributed by atoms with E-state index in [2.05, 4.69) is 10.1 Å². The molecule has 0 aromatic carbocycles.